The lowest BCUT2D eigenvalue weighted by atomic mass is 9.88. The molecular weight excluding hydrogens is 278 g/mol. The Hall–Kier alpha value is -1.84. The molecule has 2 unspecified atom stereocenters. The van der Waals surface area contributed by atoms with Crippen LogP contribution in [0.25, 0.3) is 0 Å². The van der Waals surface area contributed by atoms with Crippen LogP contribution in [0, 0.1) is 17.8 Å². The number of carboxylic acid groups (broad SMARTS) is 1. The number of rotatable bonds is 9. The minimum Gasteiger partial charge on any atom is -0.481 e. The molecule has 0 aliphatic rings. The Labute approximate surface area is 132 Å². The average Bonchev–Trinajstić information content (AvgIpc) is 2.49. The zero-order valence-corrected chi connectivity index (χ0v) is 13.7. The molecule has 1 aromatic carbocycles. The molecule has 2 N–H and O–H groups in total. The zero-order valence-electron chi connectivity index (χ0n) is 13.7. The number of carbonyl (C=O) groups excluding carboxylic acids is 1. The van der Waals surface area contributed by atoms with Crippen molar-refractivity contribution >= 4 is 11.9 Å². The van der Waals surface area contributed by atoms with Crippen LogP contribution in [0.1, 0.15) is 39.2 Å². The summed E-state index contributed by atoms with van der Waals surface area (Å²) >= 11 is 0. The Balaban J connectivity index is 2.63. The van der Waals surface area contributed by atoms with E-state index in [1.165, 1.54) is 0 Å². The lowest BCUT2D eigenvalue weighted by Gasteiger charge is -2.21. The average molecular weight is 305 g/mol. The molecule has 0 heterocycles. The standard InChI is InChI=1S/C18H27NO3/c1-4-8-15(18(21)22)12-19-17(20)16(13(2)3)11-14-9-6-5-7-10-14/h5-7,9-10,13,15-16H,4,8,11-12H2,1-3H3,(H,19,20)(H,21,22). The number of aliphatic carboxylic acids is 1. The molecular formula is C18H27NO3. The van der Waals surface area contributed by atoms with E-state index in [-0.39, 0.29) is 24.3 Å². The molecule has 0 fully saturated rings. The molecule has 122 valence electrons. The van der Waals surface area contributed by atoms with Crippen LogP contribution >= 0.6 is 0 Å². The monoisotopic (exact) mass is 305 g/mol. The predicted molar refractivity (Wildman–Crippen MR) is 87.5 cm³/mol. The van der Waals surface area contributed by atoms with E-state index >= 15 is 0 Å². The highest BCUT2D eigenvalue weighted by Gasteiger charge is 2.24. The van der Waals surface area contributed by atoms with Gasteiger partial charge in [0, 0.05) is 12.5 Å². The van der Waals surface area contributed by atoms with E-state index in [9.17, 15) is 9.59 Å². The van der Waals surface area contributed by atoms with Gasteiger partial charge in [0.1, 0.15) is 0 Å². The summed E-state index contributed by atoms with van der Waals surface area (Å²) in [5, 5.41) is 12.0. The molecule has 0 saturated carbocycles. The first-order valence-corrected chi connectivity index (χ1v) is 8.00. The molecule has 1 amide bonds. The fraction of sp³-hybridized carbons (Fsp3) is 0.556. The Morgan fingerprint density at radius 1 is 1.18 bits per heavy atom. The van der Waals surface area contributed by atoms with E-state index in [0.717, 1.165) is 12.0 Å². The van der Waals surface area contributed by atoms with Gasteiger partial charge in [0.15, 0.2) is 0 Å². The van der Waals surface area contributed by atoms with Gasteiger partial charge in [0.25, 0.3) is 0 Å². The maximum Gasteiger partial charge on any atom is 0.308 e. The normalized spacial score (nSPS) is 13.6. The number of hydrogen-bond donors (Lipinski definition) is 2. The Morgan fingerprint density at radius 3 is 2.32 bits per heavy atom. The van der Waals surface area contributed by atoms with Gasteiger partial charge in [-0.25, -0.2) is 0 Å². The van der Waals surface area contributed by atoms with Crippen molar-refractivity contribution in [3.05, 3.63) is 35.9 Å². The first kappa shape index (κ1) is 18.2. The molecule has 0 radical (unpaired) electrons. The van der Waals surface area contributed by atoms with Crippen molar-refractivity contribution in [1.82, 2.24) is 5.32 Å². The highest BCUT2D eigenvalue weighted by atomic mass is 16.4. The SMILES string of the molecule is CCCC(CNC(=O)C(Cc1ccccc1)C(C)C)C(=O)O. The van der Waals surface area contributed by atoms with Crippen LogP contribution in [0.5, 0.6) is 0 Å². The van der Waals surface area contributed by atoms with Gasteiger partial charge in [-0.1, -0.05) is 57.5 Å². The van der Waals surface area contributed by atoms with Gasteiger partial charge in [-0.2, -0.15) is 0 Å². The van der Waals surface area contributed by atoms with E-state index in [4.69, 9.17) is 5.11 Å². The highest BCUT2D eigenvalue weighted by Crippen LogP contribution is 2.18. The van der Waals surface area contributed by atoms with Crippen LogP contribution in [-0.2, 0) is 16.0 Å². The second-order valence-corrected chi connectivity index (χ2v) is 6.11. The minimum atomic E-state index is -0.841. The van der Waals surface area contributed by atoms with E-state index in [0.29, 0.717) is 12.8 Å². The summed E-state index contributed by atoms with van der Waals surface area (Å²) < 4.78 is 0. The number of nitrogens with one attached hydrogen (secondary N) is 1. The molecule has 1 aromatic rings. The lowest BCUT2D eigenvalue weighted by molar-refractivity contribution is -0.142. The van der Waals surface area contributed by atoms with Crippen LogP contribution in [0.3, 0.4) is 0 Å². The predicted octanol–water partition coefficient (Wildman–Crippen LogP) is 3.12. The smallest absolute Gasteiger partial charge is 0.308 e. The van der Waals surface area contributed by atoms with Crippen molar-refractivity contribution in [2.24, 2.45) is 17.8 Å². The van der Waals surface area contributed by atoms with Gasteiger partial charge < -0.3 is 10.4 Å². The summed E-state index contributed by atoms with van der Waals surface area (Å²) in [7, 11) is 0. The number of carbonyl (C=O) groups is 2. The van der Waals surface area contributed by atoms with Gasteiger partial charge in [-0.3, -0.25) is 9.59 Å². The van der Waals surface area contributed by atoms with E-state index in [1.54, 1.807) is 0 Å². The Bertz CT molecular complexity index is 470. The van der Waals surface area contributed by atoms with Gasteiger partial charge in [-0.05, 0) is 24.3 Å². The molecule has 0 aliphatic carbocycles. The van der Waals surface area contributed by atoms with Gasteiger partial charge >= 0.3 is 5.97 Å². The number of benzene rings is 1. The number of hydrogen-bond acceptors (Lipinski definition) is 2. The molecule has 0 saturated heterocycles. The first-order valence-electron chi connectivity index (χ1n) is 8.00. The fourth-order valence-electron chi connectivity index (χ4n) is 2.52. The van der Waals surface area contributed by atoms with Crippen molar-refractivity contribution in [1.29, 1.82) is 0 Å². The van der Waals surface area contributed by atoms with E-state index < -0.39 is 11.9 Å². The molecule has 0 spiro atoms. The van der Waals surface area contributed by atoms with Gasteiger partial charge in [-0.15, -0.1) is 0 Å². The first-order chi connectivity index (χ1) is 10.5. The molecule has 0 bridgehead atoms. The third kappa shape index (κ3) is 5.88. The molecule has 0 aromatic heterocycles. The van der Waals surface area contributed by atoms with Crippen molar-refractivity contribution in [3.8, 4) is 0 Å². The summed E-state index contributed by atoms with van der Waals surface area (Å²) in [6.07, 6.45) is 2.06. The number of amides is 1. The van der Waals surface area contributed by atoms with Crippen molar-refractivity contribution in [2.45, 2.75) is 40.0 Å². The summed E-state index contributed by atoms with van der Waals surface area (Å²) in [6, 6.07) is 9.91. The van der Waals surface area contributed by atoms with Crippen LogP contribution in [0.15, 0.2) is 30.3 Å². The second kappa shape index (κ2) is 9.23. The van der Waals surface area contributed by atoms with Crippen LogP contribution in [0.4, 0.5) is 0 Å². The van der Waals surface area contributed by atoms with Gasteiger partial charge in [0.05, 0.1) is 5.92 Å². The van der Waals surface area contributed by atoms with Gasteiger partial charge in [0.2, 0.25) is 5.91 Å². The highest BCUT2D eigenvalue weighted by molar-refractivity contribution is 5.80. The summed E-state index contributed by atoms with van der Waals surface area (Å²) in [5.74, 6) is -1.33. The second-order valence-electron chi connectivity index (χ2n) is 6.11. The van der Waals surface area contributed by atoms with Crippen LogP contribution in [0.2, 0.25) is 0 Å². The molecule has 4 heteroatoms. The van der Waals surface area contributed by atoms with Crippen LogP contribution < -0.4 is 5.32 Å². The Morgan fingerprint density at radius 2 is 1.82 bits per heavy atom. The van der Waals surface area contributed by atoms with Crippen molar-refractivity contribution in [2.75, 3.05) is 6.54 Å². The largest absolute Gasteiger partial charge is 0.481 e. The molecule has 22 heavy (non-hydrogen) atoms. The van der Waals surface area contributed by atoms with Crippen molar-refractivity contribution in [3.63, 3.8) is 0 Å². The van der Waals surface area contributed by atoms with Crippen LogP contribution in [-0.4, -0.2) is 23.5 Å². The molecule has 4 nitrogen and oxygen atoms in total. The maximum absolute atomic E-state index is 12.4. The maximum atomic E-state index is 12.4. The third-order valence-corrected chi connectivity index (χ3v) is 3.95. The summed E-state index contributed by atoms with van der Waals surface area (Å²) in [4.78, 5) is 23.6. The van der Waals surface area contributed by atoms with E-state index in [2.05, 4.69) is 5.32 Å². The molecule has 2 atom stereocenters. The number of carboxylic acids is 1. The van der Waals surface area contributed by atoms with Crippen molar-refractivity contribution < 1.29 is 14.7 Å². The quantitative estimate of drug-likeness (QED) is 0.736. The third-order valence-electron chi connectivity index (χ3n) is 3.95. The molecule has 0 aliphatic heterocycles. The minimum absolute atomic E-state index is 0.0544. The zero-order chi connectivity index (χ0) is 16.5. The summed E-state index contributed by atoms with van der Waals surface area (Å²) in [6.45, 7) is 6.20. The Kier molecular flexibility index (Phi) is 7.64. The topological polar surface area (TPSA) is 66.4 Å². The summed E-state index contributed by atoms with van der Waals surface area (Å²) in [5.41, 5.74) is 1.12. The van der Waals surface area contributed by atoms with E-state index in [1.807, 2.05) is 51.1 Å². The molecule has 1 rings (SSSR count). The lowest BCUT2D eigenvalue weighted by Crippen LogP contribution is -2.39. The fourth-order valence-corrected chi connectivity index (χ4v) is 2.52.